The summed E-state index contributed by atoms with van der Waals surface area (Å²) in [6.07, 6.45) is 0. The molecule has 0 radical (unpaired) electrons. The maximum atomic E-state index is 12.3. The summed E-state index contributed by atoms with van der Waals surface area (Å²) in [6.45, 7) is 2.61. The van der Waals surface area contributed by atoms with E-state index in [1.807, 2.05) is 31.2 Å². The van der Waals surface area contributed by atoms with Crippen LogP contribution in [0.25, 0.3) is 0 Å². The molecule has 0 atom stereocenters. The van der Waals surface area contributed by atoms with Gasteiger partial charge in [-0.1, -0.05) is 35.9 Å². The minimum Gasteiger partial charge on any atom is -0.492 e. The summed E-state index contributed by atoms with van der Waals surface area (Å²) in [5, 5.41) is 0. The fourth-order valence-electron chi connectivity index (χ4n) is 1.82. The summed E-state index contributed by atoms with van der Waals surface area (Å²) in [5.41, 5.74) is 1.16. The van der Waals surface area contributed by atoms with Crippen molar-refractivity contribution in [2.75, 3.05) is 20.2 Å². The molecule has 0 aromatic heterocycles. The summed E-state index contributed by atoms with van der Waals surface area (Å²) in [4.78, 5) is 0.294. The van der Waals surface area contributed by atoms with Crippen molar-refractivity contribution in [3.63, 3.8) is 0 Å². The molecular formula is C16H19NO3S. The number of nitrogens with zero attached hydrogens (tertiary/aromatic N) is 1. The summed E-state index contributed by atoms with van der Waals surface area (Å²) in [7, 11) is -1.89. The van der Waals surface area contributed by atoms with Gasteiger partial charge < -0.3 is 4.74 Å². The number of hydrogen-bond acceptors (Lipinski definition) is 3. The molecule has 0 unspecified atom stereocenters. The maximum absolute atomic E-state index is 12.3. The van der Waals surface area contributed by atoms with Crippen LogP contribution in [0.4, 0.5) is 0 Å². The van der Waals surface area contributed by atoms with E-state index in [2.05, 4.69) is 0 Å². The van der Waals surface area contributed by atoms with Crippen LogP contribution >= 0.6 is 0 Å². The first-order chi connectivity index (χ1) is 10.00. The van der Waals surface area contributed by atoms with Gasteiger partial charge in [0.1, 0.15) is 12.4 Å². The Hall–Kier alpha value is -1.85. The summed E-state index contributed by atoms with van der Waals surface area (Å²) >= 11 is 0. The van der Waals surface area contributed by atoms with E-state index in [0.29, 0.717) is 18.0 Å². The molecule has 0 amide bonds. The number of ether oxygens (including phenoxy) is 1. The molecule has 0 heterocycles. The first kappa shape index (κ1) is 15.5. The molecule has 2 rings (SSSR count). The van der Waals surface area contributed by atoms with Crippen molar-refractivity contribution in [1.82, 2.24) is 4.31 Å². The highest BCUT2D eigenvalue weighted by atomic mass is 32.2. The van der Waals surface area contributed by atoms with Gasteiger partial charge in [0, 0.05) is 13.6 Å². The molecule has 0 fully saturated rings. The third-order valence-corrected chi connectivity index (χ3v) is 5.02. The average Bonchev–Trinajstić information content (AvgIpc) is 2.50. The summed E-state index contributed by atoms with van der Waals surface area (Å²) in [6, 6.07) is 16.1. The van der Waals surface area contributed by atoms with Gasteiger partial charge in [0.05, 0.1) is 4.90 Å². The van der Waals surface area contributed by atoms with Crippen molar-refractivity contribution in [3.8, 4) is 5.75 Å². The van der Waals surface area contributed by atoms with Gasteiger partial charge in [-0.15, -0.1) is 0 Å². The van der Waals surface area contributed by atoms with Crippen LogP contribution in [-0.4, -0.2) is 32.9 Å². The normalized spacial score (nSPS) is 11.6. The van der Waals surface area contributed by atoms with Crippen LogP contribution in [0.1, 0.15) is 5.56 Å². The highest BCUT2D eigenvalue weighted by Crippen LogP contribution is 2.14. The Balaban J connectivity index is 1.92. The van der Waals surface area contributed by atoms with E-state index in [0.717, 1.165) is 11.3 Å². The monoisotopic (exact) mass is 305 g/mol. The molecule has 5 heteroatoms. The number of aryl methyl sites for hydroxylation is 1. The zero-order valence-electron chi connectivity index (χ0n) is 12.2. The van der Waals surface area contributed by atoms with Gasteiger partial charge >= 0.3 is 0 Å². The van der Waals surface area contributed by atoms with Gasteiger partial charge in [-0.05, 0) is 31.2 Å². The highest BCUT2D eigenvalue weighted by Gasteiger charge is 2.19. The molecule has 112 valence electrons. The smallest absolute Gasteiger partial charge is 0.242 e. The Kier molecular flexibility index (Phi) is 4.98. The van der Waals surface area contributed by atoms with Gasteiger partial charge in [0.25, 0.3) is 0 Å². The number of rotatable bonds is 6. The van der Waals surface area contributed by atoms with Crippen LogP contribution in [-0.2, 0) is 10.0 Å². The lowest BCUT2D eigenvalue weighted by molar-refractivity contribution is 0.287. The summed E-state index contributed by atoms with van der Waals surface area (Å²) in [5.74, 6) is 0.742. The topological polar surface area (TPSA) is 46.6 Å². The third kappa shape index (κ3) is 4.06. The molecule has 0 aliphatic heterocycles. The molecule has 0 N–H and O–H groups in total. The lowest BCUT2D eigenvalue weighted by Gasteiger charge is -2.17. The number of benzene rings is 2. The van der Waals surface area contributed by atoms with Crippen LogP contribution < -0.4 is 4.74 Å². The first-order valence-electron chi connectivity index (χ1n) is 6.71. The lowest BCUT2D eigenvalue weighted by atomic mass is 10.2. The molecule has 0 saturated heterocycles. The van der Waals surface area contributed by atoms with Crippen molar-refractivity contribution in [2.45, 2.75) is 11.8 Å². The van der Waals surface area contributed by atoms with Crippen molar-refractivity contribution in [3.05, 3.63) is 60.2 Å². The summed E-state index contributed by atoms with van der Waals surface area (Å²) < 4.78 is 31.4. The maximum Gasteiger partial charge on any atom is 0.242 e. The quantitative estimate of drug-likeness (QED) is 0.824. The van der Waals surface area contributed by atoms with E-state index >= 15 is 0 Å². The zero-order chi connectivity index (χ0) is 15.3. The molecule has 0 bridgehead atoms. The zero-order valence-corrected chi connectivity index (χ0v) is 13.0. The molecule has 2 aromatic carbocycles. The Morgan fingerprint density at radius 2 is 1.62 bits per heavy atom. The molecule has 0 aliphatic carbocycles. The fourth-order valence-corrected chi connectivity index (χ4v) is 2.99. The highest BCUT2D eigenvalue weighted by molar-refractivity contribution is 7.89. The predicted octanol–water partition coefficient (Wildman–Crippen LogP) is 2.69. The van der Waals surface area contributed by atoms with Crippen LogP contribution in [0.5, 0.6) is 5.75 Å². The van der Waals surface area contributed by atoms with E-state index in [4.69, 9.17) is 4.74 Å². The molecule has 21 heavy (non-hydrogen) atoms. The van der Waals surface area contributed by atoms with Crippen molar-refractivity contribution in [1.29, 1.82) is 0 Å². The van der Waals surface area contributed by atoms with Crippen molar-refractivity contribution in [2.24, 2.45) is 0 Å². The first-order valence-corrected chi connectivity index (χ1v) is 8.15. The predicted molar refractivity (Wildman–Crippen MR) is 82.9 cm³/mol. The van der Waals surface area contributed by atoms with Crippen LogP contribution in [0.15, 0.2) is 59.5 Å². The molecule has 0 spiro atoms. The van der Waals surface area contributed by atoms with E-state index < -0.39 is 10.0 Å². The van der Waals surface area contributed by atoms with Gasteiger partial charge in [-0.3, -0.25) is 0 Å². The van der Waals surface area contributed by atoms with Crippen LogP contribution in [0.3, 0.4) is 0 Å². The minimum absolute atomic E-state index is 0.294. The Morgan fingerprint density at radius 3 is 2.24 bits per heavy atom. The van der Waals surface area contributed by atoms with E-state index in [9.17, 15) is 8.42 Å². The molecule has 4 nitrogen and oxygen atoms in total. The van der Waals surface area contributed by atoms with Gasteiger partial charge in [0.2, 0.25) is 10.0 Å². The fraction of sp³-hybridized carbons (Fsp3) is 0.250. The third-order valence-electron chi connectivity index (χ3n) is 3.15. The van der Waals surface area contributed by atoms with Crippen LogP contribution in [0.2, 0.25) is 0 Å². The number of likely N-dealkylation sites (N-methyl/N-ethyl adjacent to an activating group) is 1. The standard InChI is InChI=1S/C16H19NO3S/c1-14-8-10-15(11-9-14)20-13-12-17(2)21(18,19)16-6-4-3-5-7-16/h3-11H,12-13H2,1-2H3. The minimum atomic E-state index is -3.45. The molecular weight excluding hydrogens is 286 g/mol. The second-order valence-corrected chi connectivity index (χ2v) is 6.85. The van der Waals surface area contributed by atoms with Crippen molar-refractivity contribution >= 4 is 10.0 Å². The van der Waals surface area contributed by atoms with E-state index in [1.165, 1.54) is 4.31 Å². The molecule has 0 aliphatic rings. The van der Waals surface area contributed by atoms with E-state index in [1.54, 1.807) is 37.4 Å². The van der Waals surface area contributed by atoms with Crippen molar-refractivity contribution < 1.29 is 13.2 Å². The van der Waals surface area contributed by atoms with E-state index in [-0.39, 0.29) is 0 Å². The number of hydrogen-bond donors (Lipinski definition) is 0. The Bertz CT molecular complexity index is 666. The lowest BCUT2D eigenvalue weighted by Crippen LogP contribution is -2.30. The number of sulfonamides is 1. The largest absolute Gasteiger partial charge is 0.492 e. The molecule has 0 saturated carbocycles. The van der Waals surface area contributed by atoms with Gasteiger partial charge in [-0.25, -0.2) is 8.42 Å². The second-order valence-electron chi connectivity index (χ2n) is 4.80. The van der Waals surface area contributed by atoms with Gasteiger partial charge in [-0.2, -0.15) is 4.31 Å². The second kappa shape index (κ2) is 6.74. The SMILES string of the molecule is Cc1ccc(OCCN(C)S(=O)(=O)c2ccccc2)cc1. The Labute approximate surface area is 126 Å². The average molecular weight is 305 g/mol. The van der Waals surface area contributed by atoms with Gasteiger partial charge in [0.15, 0.2) is 0 Å². The van der Waals surface area contributed by atoms with Crippen LogP contribution in [0, 0.1) is 6.92 Å². The molecule has 2 aromatic rings. The Morgan fingerprint density at radius 1 is 1.00 bits per heavy atom.